The molecule has 0 radical (unpaired) electrons. The van der Waals surface area contributed by atoms with Gasteiger partial charge in [-0.25, -0.2) is 4.98 Å². The Labute approximate surface area is 185 Å². The van der Waals surface area contributed by atoms with Gasteiger partial charge in [0.25, 0.3) is 11.5 Å². The van der Waals surface area contributed by atoms with Crippen LogP contribution in [0.25, 0.3) is 17.1 Å². The van der Waals surface area contributed by atoms with E-state index in [1.54, 1.807) is 26.0 Å². The molecule has 160 valence electrons. The van der Waals surface area contributed by atoms with Crippen molar-refractivity contribution in [1.29, 1.82) is 0 Å². The number of aromatic nitrogens is 4. The summed E-state index contributed by atoms with van der Waals surface area (Å²) < 4.78 is 1.51. The van der Waals surface area contributed by atoms with E-state index < -0.39 is 0 Å². The molecule has 0 bridgehead atoms. The van der Waals surface area contributed by atoms with Crippen molar-refractivity contribution in [2.75, 3.05) is 5.32 Å². The molecule has 0 aliphatic heterocycles. The third kappa shape index (κ3) is 3.85. The Kier molecular flexibility index (Phi) is 4.93. The number of aromatic amines is 1. The van der Waals surface area contributed by atoms with Crippen LogP contribution in [-0.2, 0) is 0 Å². The lowest BCUT2D eigenvalue weighted by Gasteiger charge is -2.10. The summed E-state index contributed by atoms with van der Waals surface area (Å²) in [6.45, 7) is 3.51. The van der Waals surface area contributed by atoms with E-state index in [1.165, 1.54) is 4.68 Å². The number of anilines is 1. The Morgan fingerprint density at radius 2 is 1.72 bits per heavy atom. The van der Waals surface area contributed by atoms with E-state index >= 15 is 0 Å². The van der Waals surface area contributed by atoms with Crippen molar-refractivity contribution >= 4 is 11.7 Å². The zero-order valence-electron chi connectivity index (χ0n) is 17.9. The number of benzene rings is 2. The van der Waals surface area contributed by atoms with Crippen LogP contribution in [0.1, 0.15) is 46.1 Å². The van der Waals surface area contributed by atoms with Crippen LogP contribution in [0.5, 0.6) is 0 Å². The fourth-order valence-corrected chi connectivity index (χ4v) is 3.59. The van der Waals surface area contributed by atoms with Crippen molar-refractivity contribution in [3.8, 4) is 17.1 Å². The van der Waals surface area contributed by atoms with Gasteiger partial charge in [-0.05, 0) is 49.9 Å². The quantitative estimate of drug-likeness (QED) is 0.497. The second-order valence-electron chi connectivity index (χ2n) is 8.14. The molecule has 0 spiro atoms. The molecule has 2 heterocycles. The Balaban J connectivity index is 1.45. The first-order valence-electron chi connectivity index (χ1n) is 10.6. The van der Waals surface area contributed by atoms with Crippen molar-refractivity contribution in [2.24, 2.45) is 0 Å². The molecule has 1 aliphatic carbocycles. The average molecular weight is 425 g/mol. The predicted molar refractivity (Wildman–Crippen MR) is 123 cm³/mol. The molecule has 7 nitrogen and oxygen atoms in total. The van der Waals surface area contributed by atoms with E-state index in [0.29, 0.717) is 34.5 Å². The zero-order chi connectivity index (χ0) is 22.2. The van der Waals surface area contributed by atoms with Gasteiger partial charge in [-0.2, -0.15) is 9.78 Å². The molecule has 1 fully saturated rings. The highest BCUT2D eigenvalue weighted by Crippen LogP contribution is 2.40. The van der Waals surface area contributed by atoms with Crippen LogP contribution in [0.15, 0.2) is 65.5 Å². The van der Waals surface area contributed by atoms with E-state index in [0.717, 1.165) is 29.7 Å². The maximum absolute atomic E-state index is 13.0. The Morgan fingerprint density at radius 3 is 2.38 bits per heavy atom. The Bertz CT molecular complexity index is 1350. The van der Waals surface area contributed by atoms with Crippen LogP contribution in [0.4, 0.5) is 5.82 Å². The van der Waals surface area contributed by atoms with Gasteiger partial charge in [0.05, 0.1) is 5.69 Å². The van der Waals surface area contributed by atoms with Crippen LogP contribution >= 0.6 is 0 Å². The number of nitrogens with one attached hydrogen (secondary N) is 2. The van der Waals surface area contributed by atoms with Crippen LogP contribution in [0.3, 0.4) is 0 Å². The van der Waals surface area contributed by atoms with Crippen molar-refractivity contribution in [3.05, 3.63) is 93.5 Å². The summed E-state index contributed by atoms with van der Waals surface area (Å²) >= 11 is 0. The maximum Gasteiger partial charge on any atom is 0.256 e. The van der Waals surface area contributed by atoms with Gasteiger partial charge >= 0.3 is 0 Å². The van der Waals surface area contributed by atoms with Crippen molar-refractivity contribution in [1.82, 2.24) is 19.7 Å². The second-order valence-corrected chi connectivity index (χ2v) is 8.14. The SMILES string of the molecule is Cc1nc(-n2nc(C3CC3)cc2NC(=O)c2ccc(-c3ccccc3)cc2)[nH]c(=O)c1C. The normalized spacial score (nSPS) is 13.2. The number of H-pyrrole nitrogens is 1. The standard InChI is InChI=1S/C25H23N5O2/c1-15-16(2)26-25(28-23(15)31)30-22(14-21(29-30)19-10-11-19)27-24(32)20-12-8-18(9-13-20)17-6-4-3-5-7-17/h3-9,12-14,19H,10-11H2,1-2H3,(H,27,32)(H,26,28,31). The van der Waals surface area contributed by atoms with Gasteiger partial charge in [0, 0.05) is 28.8 Å². The van der Waals surface area contributed by atoms with E-state index in [2.05, 4.69) is 20.4 Å². The van der Waals surface area contributed by atoms with Crippen molar-refractivity contribution in [2.45, 2.75) is 32.6 Å². The molecule has 1 aliphatic rings. The molecule has 1 saturated carbocycles. The molecule has 4 aromatic rings. The van der Waals surface area contributed by atoms with Gasteiger partial charge < -0.3 is 5.32 Å². The summed E-state index contributed by atoms with van der Waals surface area (Å²) in [5.41, 5.74) is 4.53. The van der Waals surface area contributed by atoms with E-state index in [4.69, 9.17) is 0 Å². The number of nitrogens with zero attached hydrogens (tertiary/aromatic N) is 3. The van der Waals surface area contributed by atoms with E-state index in [-0.39, 0.29) is 11.5 Å². The lowest BCUT2D eigenvalue weighted by atomic mass is 10.0. The average Bonchev–Trinajstić information content (AvgIpc) is 3.58. The molecule has 0 unspecified atom stereocenters. The topological polar surface area (TPSA) is 92.7 Å². The maximum atomic E-state index is 13.0. The van der Waals surface area contributed by atoms with Gasteiger partial charge in [-0.1, -0.05) is 42.5 Å². The lowest BCUT2D eigenvalue weighted by Crippen LogP contribution is -2.20. The summed E-state index contributed by atoms with van der Waals surface area (Å²) in [5.74, 6) is 0.907. The largest absolute Gasteiger partial charge is 0.306 e. The first-order chi connectivity index (χ1) is 15.5. The Morgan fingerprint density at radius 1 is 1.03 bits per heavy atom. The number of carbonyl (C=O) groups excluding carboxylic acids is 1. The minimum absolute atomic E-state index is 0.218. The van der Waals surface area contributed by atoms with Gasteiger partial charge in [0.1, 0.15) is 5.82 Å². The molecule has 7 heteroatoms. The second kappa shape index (κ2) is 7.92. The molecular formula is C25H23N5O2. The van der Waals surface area contributed by atoms with E-state index in [1.807, 2.05) is 48.5 Å². The molecule has 1 amide bonds. The molecule has 0 atom stereocenters. The number of amides is 1. The molecule has 32 heavy (non-hydrogen) atoms. The first kappa shape index (κ1) is 19.9. The summed E-state index contributed by atoms with van der Waals surface area (Å²) in [4.78, 5) is 32.5. The van der Waals surface area contributed by atoms with E-state index in [9.17, 15) is 9.59 Å². The minimum atomic E-state index is -0.251. The van der Waals surface area contributed by atoms with Crippen LogP contribution < -0.4 is 10.9 Å². The predicted octanol–water partition coefficient (Wildman–Crippen LogP) is 4.37. The summed E-state index contributed by atoms with van der Waals surface area (Å²) in [6.07, 6.45) is 2.14. The lowest BCUT2D eigenvalue weighted by molar-refractivity contribution is 0.102. The van der Waals surface area contributed by atoms with Crippen molar-refractivity contribution < 1.29 is 4.79 Å². The number of aryl methyl sites for hydroxylation is 1. The fourth-order valence-electron chi connectivity index (χ4n) is 3.59. The first-order valence-corrected chi connectivity index (χ1v) is 10.6. The van der Waals surface area contributed by atoms with Gasteiger partial charge in [-0.15, -0.1) is 0 Å². The smallest absolute Gasteiger partial charge is 0.256 e. The highest BCUT2D eigenvalue weighted by molar-refractivity contribution is 6.04. The summed E-state index contributed by atoms with van der Waals surface area (Å²) in [5, 5.41) is 7.56. The minimum Gasteiger partial charge on any atom is -0.306 e. The highest BCUT2D eigenvalue weighted by atomic mass is 16.1. The molecule has 2 N–H and O–H groups in total. The fraction of sp³-hybridized carbons (Fsp3) is 0.200. The molecule has 2 aromatic heterocycles. The highest BCUT2D eigenvalue weighted by Gasteiger charge is 2.28. The molecule has 5 rings (SSSR count). The van der Waals surface area contributed by atoms with Crippen LogP contribution in [-0.4, -0.2) is 25.7 Å². The van der Waals surface area contributed by atoms with Crippen LogP contribution in [0, 0.1) is 13.8 Å². The number of hydrogen-bond donors (Lipinski definition) is 2. The summed E-state index contributed by atoms with van der Waals surface area (Å²) in [7, 11) is 0. The number of carbonyl (C=O) groups is 1. The number of rotatable bonds is 5. The van der Waals surface area contributed by atoms with Gasteiger partial charge in [0.15, 0.2) is 0 Å². The summed E-state index contributed by atoms with van der Waals surface area (Å²) in [6, 6.07) is 19.3. The Hall–Kier alpha value is -4.00. The third-order valence-corrected chi connectivity index (χ3v) is 5.80. The van der Waals surface area contributed by atoms with Gasteiger partial charge in [0.2, 0.25) is 5.95 Å². The monoisotopic (exact) mass is 425 g/mol. The van der Waals surface area contributed by atoms with Crippen molar-refractivity contribution in [3.63, 3.8) is 0 Å². The van der Waals surface area contributed by atoms with Crippen LogP contribution in [0.2, 0.25) is 0 Å². The zero-order valence-corrected chi connectivity index (χ0v) is 17.9. The molecular weight excluding hydrogens is 402 g/mol. The number of hydrogen-bond acceptors (Lipinski definition) is 4. The third-order valence-electron chi connectivity index (χ3n) is 5.80. The molecule has 0 saturated heterocycles. The van der Waals surface area contributed by atoms with Gasteiger partial charge in [-0.3, -0.25) is 14.6 Å². The molecule has 2 aromatic carbocycles.